The average Bonchev–Trinajstić information content (AvgIpc) is 2.88. The molecule has 1 N–H and O–H groups in total. The second-order valence-electron chi connectivity index (χ2n) is 6.76. The molecule has 0 bridgehead atoms. The molecule has 0 radical (unpaired) electrons. The summed E-state index contributed by atoms with van der Waals surface area (Å²) >= 11 is 0. The molecule has 2 aliphatic rings. The summed E-state index contributed by atoms with van der Waals surface area (Å²) in [5.41, 5.74) is 1.30. The van der Waals surface area contributed by atoms with Gasteiger partial charge in [0.2, 0.25) is 5.91 Å². The number of amides is 1. The van der Waals surface area contributed by atoms with Crippen molar-refractivity contribution in [2.24, 2.45) is 5.41 Å². The van der Waals surface area contributed by atoms with Gasteiger partial charge in [-0.25, -0.2) is 0 Å². The molecule has 0 aliphatic carbocycles. The number of benzene rings is 1. The van der Waals surface area contributed by atoms with Crippen molar-refractivity contribution in [2.75, 3.05) is 24.5 Å². The molecule has 2 aromatic rings. The van der Waals surface area contributed by atoms with Crippen LogP contribution >= 0.6 is 0 Å². The van der Waals surface area contributed by atoms with Crippen LogP contribution in [0.15, 0.2) is 33.5 Å². The Morgan fingerprint density at radius 2 is 2.09 bits per heavy atom. The molecule has 2 saturated heterocycles. The third-order valence-electron chi connectivity index (χ3n) is 5.13. The van der Waals surface area contributed by atoms with E-state index in [-0.39, 0.29) is 16.8 Å². The summed E-state index contributed by atoms with van der Waals surface area (Å²) in [5, 5.41) is 3.55. The highest BCUT2D eigenvalue weighted by molar-refractivity contribution is 5.85. The van der Waals surface area contributed by atoms with Crippen molar-refractivity contribution < 1.29 is 9.21 Å². The Balaban J connectivity index is 1.73. The molecule has 4 rings (SSSR count). The van der Waals surface area contributed by atoms with Crippen molar-refractivity contribution in [1.82, 2.24) is 5.32 Å². The first kappa shape index (κ1) is 14.3. The molecular formula is C18H20N2O3. The van der Waals surface area contributed by atoms with Gasteiger partial charge in [0.25, 0.3) is 0 Å². The van der Waals surface area contributed by atoms with E-state index in [1.54, 1.807) is 6.07 Å². The number of anilines is 1. The summed E-state index contributed by atoms with van der Waals surface area (Å²) in [6.07, 6.45) is 2.70. The highest BCUT2D eigenvalue weighted by Gasteiger charge is 2.45. The number of piperidine rings is 1. The Hall–Kier alpha value is -2.30. The molecule has 2 fully saturated rings. The zero-order valence-corrected chi connectivity index (χ0v) is 13.2. The number of nitrogens with one attached hydrogen (secondary N) is 1. The van der Waals surface area contributed by atoms with E-state index in [4.69, 9.17) is 4.42 Å². The molecule has 1 aromatic heterocycles. The van der Waals surface area contributed by atoms with Crippen LogP contribution in [0.25, 0.3) is 11.0 Å². The second-order valence-corrected chi connectivity index (χ2v) is 6.76. The van der Waals surface area contributed by atoms with Gasteiger partial charge in [0, 0.05) is 25.7 Å². The van der Waals surface area contributed by atoms with Gasteiger partial charge in [-0.1, -0.05) is 11.6 Å². The van der Waals surface area contributed by atoms with Crippen LogP contribution in [0.4, 0.5) is 5.88 Å². The lowest BCUT2D eigenvalue weighted by Gasteiger charge is -2.38. The number of aryl methyl sites for hydroxylation is 1. The Labute approximate surface area is 134 Å². The molecule has 1 spiro atoms. The lowest BCUT2D eigenvalue weighted by Crippen LogP contribution is -2.47. The maximum Gasteiger partial charge on any atom is 0.228 e. The molecule has 5 heteroatoms. The number of nitrogens with zero attached hydrogens (tertiary/aromatic N) is 1. The molecule has 1 aromatic carbocycles. The Kier molecular flexibility index (Phi) is 3.18. The minimum absolute atomic E-state index is 0.0274. The maximum absolute atomic E-state index is 12.4. The smallest absolute Gasteiger partial charge is 0.228 e. The van der Waals surface area contributed by atoms with Crippen LogP contribution in [0.1, 0.15) is 24.8 Å². The van der Waals surface area contributed by atoms with Crippen LogP contribution in [-0.4, -0.2) is 25.5 Å². The van der Waals surface area contributed by atoms with E-state index in [9.17, 15) is 9.59 Å². The number of fused-ring (bicyclic) bond motifs is 1. The van der Waals surface area contributed by atoms with Crippen LogP contribution in [-0.2, 0) is 4.79 Å². The van der Waals surface area contributed by atoms with E-state index >= 15 is 0 Å². The van der Waals surface area contributed by atoms with Crippen molar-refractivity contribution in [3.8, 4) is 0 Å². The van der Waals surface area contributed by atoms with E-state index < -0.39 is 0 Å². The van der Waals surface area contributed by atoms with E-state index in [0.29, 0.717) is 23.4 Å². The normalized spacial score (nSPS) is 24.4. The summed E-state index contributed by atoms with van der Waals surface area (Å²) in [6, 6.07) is 7.20. The van der Waals surface area contributed by atoms with Crippen molar-refractivity contribution in [3.63, 3.8) is 0 Å². The van der Waals surface area contributed by atoms with Gasteiger partial charge in [-0.15, -0.1) is 0 Å². The van der Waals surface area contributed by atoms with Crippen LogP contribution in [0.2, 0.25) is 0 Å². The van der Waals surface area contributed by atoms with Crippen LogP contribution in [0, 0.1) is 12.3 Å². The van der Waals surface area contributed by atoms with Crippen molar-refractivity contribution >= 4 is 22.8 Å². The molecule has 0 saturated carbocycles. The predicted molar refractivity (Wildman–Crippen MR) is 88.7 cm³/mol. The second kappa shape index (κ2) is 5.11. The zero-order chi connectivity index (χ0) is 16.0. The van der Waals surface area contributed by atoms with Gasteiger partial charge >= 0.3 is 0 Å². The maximum atomic E-state index is 12.4. The molecule has 1 amide bonds. The summed E-state index contributed by atoms with van der Waals surface area (Å²) in [7, 11) is 0. The predicted octanol–water partition coefficient (Wildman–Crippen LogP) is 2.21. The lowest BCUT2D eigenvalue weighted by atomic mass is 9.78. The molecule has 1 unspecified atom stereocenters. The summed E-state index contributed by atoms with van der Waals surface area (Å²) in [4.78, 5) is 26.7. The van der Waals surface area contributed by atoms with Crippen LogP contribution in [0.3, 0.4) is 0 Å². The monoisotopic (exact) mass is 312 g/mol. The minimum atomic E-state index is -0.320. The van der Waals surface area contributed by atoms with Gasteiger partial charge < -0.3 is 14.6 Å². The summed E-state index contributed by atoms with van der Waals surface area (Å²) < 4.78 is 5.97. The molecule has 3 heterocycles. The quantitative estimate of drug-likeness (QED) is 0.877. The fourth-order valence-corrected chi connectivity index (χ4v) is 3.84. The third-order valence-corrected chi connectivity index (χ3v) is 5.13. The van der Waals surface area contributed by atoms with E-state index in [2.05, 4.69) is 10.2 Å². The Morgan fingerprint density at radius 3 is 2.87 bits per heavy atom. The molecule has 23 heavy (non-hydrogen) atoms. The lowest BCUT2D eigenvalue weighted by molar-refractivity contribution is -0.128. The van der Waals surface area contributed by atoms with Crippen molar-refractivity contribution in [3.05, 3.63) is 40.1 Å². The van der Waals surface area contributed by atoms with Gasteiger partial charge in [0.1, 0.15) is 5.58 Å². The largest absolute Gasteiger partial charge is 0.440 e. The number of hydrogen-bond donors (Lipinski definition) is 1. The topological polar surface area (TPSA) is 62.6 Å². The van der Waals surface area contributed by atoms with Crippen molar-refractivity contribution in [2.45, 2.75) is 26.2 Å². The minimum Gasteiger partial charge on any atom is -0.440 e. The molecular weight excluding hydrogens is 292 g/mol. The fraction of sp³-hybridized carbons (Fsp3) is 0.444. The SMILES string of the molecule is Cc1ccc2oc(N3CCCC4(CCNC4=O)C3)cc(=O)c2c1. The summed E-state index contributed by atoms with van der Waals surface area (Å²) in [5.74, 6) is 0.714. The van der Waals surface area contributed by atoms with E-state index in [1.165, 1.54) is 0 Å². The number of rotatable bonds is 1. The fourth-order valence-electron chi connectivity index (χ4n) is 3.84. The van der Waals surface area contributed by atoms with Crippen molar-refractivity contribution in [1.29, 1.82) is 0 Å². The van der Waals surface area contributed by atoms with Gasteiger partial charge in [0.05, 0.1) is 10.8 Å². The van der Waals surface area contributed by atoms with Gasteiger partial charge in [-0.3, -0.25) is 9.59 Å². The first-order valence-corrected chi connectivity index (χ1v) is 8.15. The molecule has 1 atom stereocenters. The average molecular weight is 312 g/mol. The Morgan fingerprint density at radius 1 is 1.22 bits per heavy atom. The third kappa shape index (κ3) is 2.31. The van der Waals surface area contributed by atoms with E-state index in [0.717, 1.165) is 37.9 Å². The standard InChI is InChI=1S/C18H20N2O3/c1-12-3-4-15-13(9-12)14(21)10-16(23-15)20-8-2-5-18(11-20)6-7-19-17(18)22/h3-4,9-10H,2,5-8,11H2,1H3,(H,19,22). The van der Waals surface area contributed by atoms with Crippen LogP contribution in [0.5, 0.6) is 0 Å². The van der Waals surface area contributed by atoms with E-state index in [1.807, 2.05) is 25.1 Å². The molecule has 5 nitrogen and oxygen atoms in total. The van der Waals surface area contributed by atoms with Gasteiger partial charge in [-0.2, -0.15) is 0 Å². The highest BCUT2D eigenvalue weighted by atomic mass is 16.4. The Bertz CT molecular complexity index is 842. The number of carbonyl (C=O) groups is 1. The molecule has 120 valence electrons. The number of hydrogen-bond acceptors (Lipinski definition) is 4. The zero-order valence-electron chi connectivity index (χ0n) is 13.2. The highest BCUT2D eigenvalue weighted by Crippen LogP contribution is 2.38. The first-order chi connectivity index (χ1) is 11.1. The van der Waals surface area contributed by atoms with Crippen LogP contribution < -0.4 is 15.6 Å². The first-order valence-electron chi connectivity index (χ1n) is 8.15. The number of carbonyl (C=O) groups excluding carboxylic acids is 1. The molecule has 2 aliphatic heterocycles. The summed E-state index contributed by atoms with van der Waals surface area (Å²) in [6.45, 7) is 4.14. The van der Waals surface area contributed by atoms with Gasteiger partial charge in [0.15, 0.2) is 11.3 Å². The van der Waals surface area contributed by atoms with Gasteiger partial charge in [-0.05, 0) is 38.3 Å².